The highest BCUT2D eigenvalue weighted by molar-refractivity contribution is 5.83. The highest BCUT2D eigenvalue weighted by atomic mass is 16.2. The molecule has 6 nitrogen and oxygen atoms in total. The number of hydrogen-bond donors (Lipinski definition) is 3. The first kappa shape index (κ1) is 17.7. The maximum Gasteiger partial charge on any atom is 0.253 e. The molecule has 0 fully saturated rings. The summed E-state index contributed by atoms with van der Waals surface area (Å²) in [5.41, 5.74) is 3.17. The maximum atomic E-state index is 12.3. The molecule has 4 rings (SSSR count). The molecule has 6 heteroatoms. The summed E-state index contributed by atoms with van der Waals surface area (Å²) in [5, 5.41) is 4.61. The number of benzene rings is 2. The van der Waals surface area contributed by atoms with Gasteiger partial charge in [0.15, 0.2) is 0 Å². The van der Waals surface area contributed by atoms with Crippen LogP contribution < -0.4 is 16.4 Å². The van der Waals surface area contributed by atoms with Crippen molar-refractivity contribution in [1.82, 2.24) is 15.3 Å². The number of para-hydroxylation sites is 1. The third-order valence-electron chi connectivity index (χ3n) is 4.77. The average Bonchev–Trinajstić information content (AvgIpc) is 2.67. The van der Waals surface area contributed by atoms with E-state index in [4.69, 9.17) is 0 Å². The van der Waals surface area contributed by atoms with Crippen LogP contribution in [0, 0.1) is 6.92 Å². The minimum Gasteiger partial charge on any atom is -0.352 e. The molecule has 0 bridgehead atoms. The lowest BCUT2D eigenvalue weighted by atomic mass is 10.1. The van der Waals surface area contributed by atoms with Gasteiger partial charge in [0.1, 0.15) is 0 Å². The van der Waals surface area contributed by atoms with Crippen molar-refractivity contribution in [1.29, 1.82) is 0 Å². The van der Waals surface area contributed by atoms with E-state index in [2.05, 4.69) is 15.3 Å². The van der Waals surface area contributed by atoms with E-state index in [-0.39, 0.29) is 30.0 Å². The van der Waals surface area contributed by atoms with E-state index < -0.39 is 0 Å². The van der Waals surface area contributed by atoms with Crippen LogP contribution >= 0.6 is 0 Å². The van der Waals surface area contributed by atoms with Crippen molar-refractivity contribution in [2.45, 2.75) is 19.9 Å². The van der Waals surface area contributed by atoms with Crippen LogP contribution in [0.1, 0.15) is 16.7 Å². The van der Waals surface area contributed by atoms with Crippen molar-refractivity contribution < 1.29 is 4.79 Å². The zero-order valence-corrected chi connectivity index (χ0v) is 15.3. The van der Waals surface area contributed by atoms with Crippen LogP contribution in [0.2, 0.25) is 0 Å². The number of carbonyl (C=O) groups is 1. The summed E-state index contributed by atoms with van der Waals surface area (Å²) in [4.78, 5) is 41.8. The highest BCUT2D eigenvalue weighted by Crippen LogP contribution is 2.14. The number of carbonyl (C=O) groups excluding carboxylic acids is 1. The largest absolute Gasteiger partial charge is 0.352 e. The number of rotatable bonds is 4. The van der Waals surface area contributed by atoms with Gasteiger partial charge in [0, 0.05) is 28.7 Å². The number of H-pyrrole nitrogens is 2. The quantitative estimate of drug-likeness (QED) is 0.513. The molecule has 0 saturated carbocycles. The molecule has 140 valence electrons. The molecule has 0 aliphatic carbocycles. The standard InChI is InChI=1S/C22H19N3O3/c1-13-8-16-9-14(6-7-19(16)24-21(13)27)10-20(26)23-12-17-11-15-4-2-3-5-18(15)25-22(17)28/h2-9,11H,10,12H2,1H3,(H,23,26)(H,24,27)(H,25,28). The van der Waals surface area contributed by atoms with Crippen LogP contribution in [0.15, 0.2) is 64.2 Å². The fourth-order valence-electron chi connectivity index (χ4n) is 3.24. The van der Waals surface area contributed by atoms with Gasteiger partial charge in [0.05, 0.1) is 6.42 Å². The van der Waals surface area contributed by atoms with Gasteiger partial charge in [-0.2, -0.15) is 0 Å². The molecule has 2 heterocycles. The Morgan fingerprint density at radius 1 is 0.893 bits per heavy atom. The molecule has 0 unspecified atom stereocenters. The van der Waals surface area contributed by atoms with E-state index in [1.807, 2.05) is 42.5 Å². The molecule has 0 radical (unpaired) electrons. The molecule has 4 aromatic rings. The molecular formula is C22H19N3O3. The molecule has 0 saturated heterocycles. The second kappa shape index (κ2) is 7.15. The summed E-state index contributed by atoms with van der Waals surface area (Å²) in [6.07, 6.45) is 0.194. The molecule has 0 spiro atoms. The lowest BCUT2D eigenvalue weighted by Crippen LogP contribution is -2.28. The summed E-state index contributed by atoms with van der Waals surface area (Å²) >= 11 is 0. The number of aromatic amines is 2. The molecule has 3 N–H and O–H groups in total. The molecule has 2 aromatic carbocycles. The van der Waals surface area contributed by atoms with Crippen molar-refractivity contribution in [3.05, 3.63) is 92.0 Å². The number of hydrogen-bond acceptors (Lipinski definition) is 3. The molecule has 0 atom stereocenters. The lowest BCUT2D eigenvalue weighted by Gasteiger charge is -2.07. The second-order valence-corrected chi connectivity index (χ2v) is 6.87. The Balaban J connectivity index is 1.48. The Labute approximate surface area is 160 Å². The van der Waals surface area contributed by atoms with Gasteiger partial charge in [0.2, 0.25) is 5.91 Å². The summed E-state index contributed by atoms with van der Waals surface area (Å²) in [7, 11) is 0. The minimum atomic E-state index is -0.205. The van der Waals surface area contributed by atoms with Gasteiger partial charge in [0.25, 0.3) is 11.1 Å². The van der Waals surface area contributed by atoms with Gasteiger partial charge in [-0.3, -0.25) is 14.4 Å². The Kier molecular flexibility index (Phi) is 4.53. The molecule has 0 aliphatic heterocycles. The normalized spacial score (nSPS) is 11.0. The first-order valence-electron chi connectivity index (χ1n) is 9.00. The van der Waals surface area contributed by atoms with Crippen LogP contribution in [0.4, 0.5) is 0 Å². The fraction of sp³-hybridized carbons (Fsp3) is 0.136. The number of pyridine rings is 2. The van der Waals surface area contributed by atoms with Gasteiger partial charge in [-0.15, -0.1) is 0 Å². The summed E-state index contributed by atoms with van der Waals surface area (Å²) in [5.74, 6) is -0.173. The Morgan fingerprint density at radius 3 is 2.50 bits per heavy atom. The second-order valence-electron chi connectivity index (χ2n) is 6.87. The Bertz CT molecular complexity index is 1320. The van der Waals surface area contributed by atoms with E-state index in [0.29, 0.717) is 11.1 Å². The fourth-order valence-corrected chi connectivity index (χ4v) is 3.24. The Morgan fingerprint density at radius 2 is 1.64 bits per heavy atom. The minimum absolute atomic E-state index is 0.112. The smallest absolute Gasteiger partial charge is 0.253 e. The molecule has 2 aromatic heterocycles. The van der Waals surface area contributed by atoms with Crippen molar-refractivity contribution in [2.75, 3.05) is 0 Å². The van der Waals surface area contributed by atoms with Crippen LogP contribution in [-0.4, -0.2) is 15.9 Å². The molecular weight excluding hydrogens is 354 g/mol. The van der Waals surface area contributed by atoms with Crippen molar-refractivity contribution in [3.63, 3.8) is 0 Å². The lowest BCUT2D eigenvalue weighted by molar-refractivity contribution is -0.120. The number of fused-ring (bicyclic) bond motifs is 2. The molecule has 0 aliphatic rings. The third kappa shape index (κ3) is 3.57. The predicted molar refractivity (Wildman–Crippen MR) is 109 cm³/mol. The topological polar surface area (TPSA) is 94.8 Å². The van der Waals surface area contributed by atoms with Gasteiger partial charge >= 0.3 is 0 Å². The van der Waals surface area contributed by atoms with Crippen LogP contribution in [0.5, 0.6) is 0 Å². The average molecular weight is 373 g/mol. The van der Waals surface area contributed by atoms with Gasteiger partial charge in [-0.05, 0) is 53.6 Å². The van der Waals surface area contributed by atoms with E-state index in [9.17, 15) is 14.4 Å². The molecule has 1 amide bonds. The number of aryl methyl sites for hydroxylation is 1. The monoisotopic (exact) mass is 373 g/mol. The van der Waals surface area contributed by atoms with Gasteiger partial charge in [-0.1, -0.05) is 24.3 Å². The number of amides is 1. The Hall–Kier alpha value is -3.67. The first-order valence-corrected chi connectivity index (χ1v) is 9.00. The van der Waals surface area contributed by atoms with E-state index in [1.165, 1.54) is 0 Å². The van der Waals surface area contributed by atoms with Crippen LogP contribution in [-0.2, 0) is 17.8 Å². The summed E-state index contributed by atoms with van der Waals surface area (Å²) in [6, 6.07) is 16.6. The third-order valence-corrected chi connectivity index (χ3v) is 4.77. The SMILES string of the molecule is Cc1cc2cc(CC(=O)NCc3cc4ccccc4[nH]c3=O)ccc2[nH]c1=O. The summed E-state index contributed by atoms with van der Waals surface area (Å²) in [6.45, 7) is 1.91. The van der Waals surface area contributed by atoms with Crippen LogP contribution in [0.3, 0.4) is 0 Å². The van der Waals surface area contributed by atoms with Crippen molar-refractivity contribution in [3.8, 4) is 0 Å². The van der Waals surface area contributed by atoms with Gasteiger partial charge in [-0.25, -0.2) is 0 Å². The summed E-state index contributed by atoms with van der Waals surface area (Å²) < 4.78 is 0. The first-order chi connectivity index (χ1) is 13.5. The van der Waals surface area contributed by atoms with Crippen LogP contribution in [0.25, 0.3) is 21.8 Å². The highest BCUT2D eigenvalue weighted by Gasteiger charge is 2.08. The number of nitrogens with one attached hydrogen (secondary N) is 3. The van der Waals surface area contributed by atoms with Gasteiger partial charge < -0.3 is 15.3 Å². The zero-order valence-electron chi connectivity index (χ0n) is 15.3. The predicted octanol–water partition coefficient (Wildman–Crippen LogP) is 2.54. The van der Waals surface area contributed by atoms with E-state index >= 15 is 0 Å². The van der Waals surface area contributed by atoms with Crippen molar-refractivity contribution >= 4 is 27.7 Å². The zero-order chi connectivity index (χ0) is 19.7. The van der Waals surface area contributed by atoms with E-state index in [0.717, 1.165) is 27.4 Å². The molecule has 28 heavy (non-hydrogen) atoms. The number of aromatic nitrogens is 2. The van der Waals surface area contributed by atoms with E-state index in [1.54, 1.807) is 19.1 Å². The maximum absolute atomic E-state index is 12.3. The van der Waals surface area contributed by atoms with Crippen molar-refractivity contribution in [2.24, 2.45) is 0 Å².